The van der Waals surface area contributed by atoms with E-state index >= 15 is 0 Å². The van der Waals surface area contributed by atoms with Gasteiger partial charge >= 0.3 is 0 Å². The molecule has 0 atom stereocenters. The largest absolute Gasteiger partial charge is 0.361 e. The Labute approximate surface area is 107 Å². The van der Waals surface area contributed by atoms with E-state index in [1.807, 2.05) is 6.07 Å². The number of aromatic nitrogens is 1. The number of nitrogens with one attached hydrogen (secondary N) is 2. The summed E-state index contributed by atoms with van der Waals surface area (Å²) < 4.78 is 0. The molecule has 3 nitrogen and oxygen atoms in total. The van der Waals surface area contributed by atoms with Crippen LogP contribution in [-0.2, 0) is 11.2 Å². The fourth-order valence-corrected chi connectivity index (χ4v) is 2.31. The second-order valence-corrected chi connectivity index (χ2v) is 5.05. The van der Waals surface area contributed by atoms with E-state index in [1.54, 1.807) is 0 Å². The number of rotatable bonds is 5. The SMILES string of the molecule is O=C(CCCc1c[nH]c2ccccc12)NC1CC1. The monoisotopic (exact) mass is 242 g/mol. The summed E-state index contributed by atoms with van der Waals surface area (Å²) in [6.45, 7) is 0. The van der Waals surface area contributed by atoms with Crippen molar-refractivity contribution < 1.29 is 4.79 Å². The van der Waals surface area contributed by atoms with Crippen LogP contribution in [0.15, 0.2) is 30.5 Å². The third-order valence-electron chi connectivity index (χ3n) is 3.47. The number of H-pyrrole nitrogens is 1. The molecule has 0 radical (unpaired) electrons. The lowest BCUT2D eigenvalue weighted by molar-refractivity contribution is -0.121. The molecule has 1 saturated carbocycles. The average molecular weight is 242 g/mol. The van der Waals surface area contributed by atoms with Gasteiger partial charge in [0.15, 0.2) is 0 Å². The number of benzene rings is 1. The zero-order valence-electron chi connectivity index (χ0n) is 10.4. The van der Waals surface area contributed by atoms with Gasteiger partial charge < -0.3 is 10.3 Å². The van der Waals surface area contributed by atoms with E-state index in [9.17, 15) is 4.79 Å². The zero-order chi connectivity index (χ0) is 12.4. The van der Waals surface area contributed by atoms with E-state index < -0.39 is 0 Å². The molecule has 18 heavy (non-hydrogen) atoms. The van der Waals surface area contributed by atoms with Crippen molar-refractivity contribution in [1.29, 1.82) is 0 Å². The minimum Gasteiger partial charge on any atom is -0.361 e. The van der Waals surface area contributed by atoms with Crippen molar-refractivity contribution in [3.8, 4) is 0 Å². The van der Waals surface area contributed by atoms with Crippen LogP contribution in [-0.4, -0.2) is 16.9 Å². The molecule has 0 spiro atoms. The van der Waals surface area contributed by atoms with Crippen molar-refractivity contribution in [3.63, 3.8) is 0 Å². The fourth-order valence-electron chi connectivity index (χ4n) is 2.31. The molecule has 1 heterocycles. The predicted molar refractivity (Wildman–Crippen MR) is 72.4 cm³/mol. The molecule has 3 rings (SSSR count). The van der Waals surface area contributed by atoms with Crippen LogP contribution in [0.4, 0.5) is 0 Å². The van der Waals surface area contributed by atoms with Gasteiger partial charge in [0.25, 0.3) is 0 Å². The normalized spacial score (nSPS) is 14.9. The van der Waals surface area contributed by atoms with Gasteiger partial charge in [0.2, 0.25) is 5.91 Å². The number of hydrogen-bond acceptors (Lipinski definition) is 1. The first kappa shape index (κ1) is 11.3. The maximum absolute atomic E-state index is 11.6. The van der Waals surface area contributed by atoms with Crippen molar-refractivity contribution in [2.24, 2.45) is 0 Å². The highest BCUT2D eigenvalue weighted by Crippen LogP contribution is 2.20. The van der Waals surface area contributed by atoms with Crippen LogP contribution in [0.5, 0.6) is 0 Å². The summed E-state index contributed by atoms with van der Waals surface area (Å²) >= 11 is 0. The Morgan fingerprint density at radius 3 is 3.00 bits per heavy atom. The summed E-state index contributed by atoms with van der Waals surface area (Å²) in [6.07, 6.45) is 6.89. The van der Waals surface area contributed by atoms with Crippen LogP contribution in [0.1, 0.15) is 31.2 Å². The van der Waals surface area contributed by atoms with Crippen molar-refractivity contribution in [1.82, 2.24) is 10.3 Å². The third-order valence-corrected chi connectivity index (χ3v) is 3.47. The molecule has 2 aromatic rings. The van der Waals surface area contributed by atoms with Crippen LogP contribution >= 0.6 is 0 Å². The lowest BCUT2D eigenvalue weighted by atomic mass is 10.1. The molecule has 2 N–H and O–H groups in total. The Morgan fingerprint density at radius 2 is 2.17 bits per heavy atom. The molecule has 1 aromatic carbocycles. The number of carbonyl (C=O) groups excluding carboxylic acids is 1. The number of aryl methyl sites for hydroxylation is 1. The first-order valence-electron chi connectivity index (χ1n) is 6.67. The first-order valence-corrected chi connectivity index (χ1v) is 6.67. The summed E-state index contributed by atoms with van der Waals surface area (Å²) in [5.74, 6) is 0.206. The van der Waals surface area contributed by atoms with E-state index in [0.717, 1.165) is 25.7 Å². The van der Waals surface area contributed by atoms with Crippen LogP contribution < -0.4 is 5.32 Å². The second-order valence-electron chi connectivity index (χ2n) is 5.05. The lowest BCUT2D eigenvalue weighted by Gasteiger charge is -2.02. The Bertz CT molecular complexity index is 554. The molecule has 1 aliphatic carbocycles. The minimum atomic E-state index is 0.206. The van der Waals surface area contributed by atoms with Gasteiger partial charge in [0, 0.05) is 29.6 Å². The van der Waals surface area contributed by atoms with Crippen LogP contribution in [0.3, 0.4) is 0 Å². The van der Waals surface area contributed by atoms with Gasteiger partial charge in [0.1, 0.15) is 0 Å². The molecule has 3 heteroatoms. The zero-order valence-corrected chi connectivity index (χ0v) is 10.4. The molecule has 1 aliphatic rings. The number of hydrogen-bond donors (Lipinski definition) is 2. The number of amides is 1. The standard InChI is InChI=1S/C15H18N2O/c18-15(17-12-8-9-12)7-3-4-11-10-16-14-6-2-1-5-13(11)14/h1-2,5-6,10,12,16H,3-4,7-9H2,(H,17,18). The molecular weight excluding hydrogens is 224 g/mol. The van der Waals surface area contributed by atoms with E-state index in [1.165, 1.54) is 16.5 Å². The Hall–Kier alpha value is -1.77. The van der Waals surface area contributed by atoms with E-state index in [4.69, 9.17) is 0 Å². The van der Waals surface area contributed by atoms with Crippen molar-refractivity contribution >= 4 is 16.8 Å². The van der Waals surface area contributed by atoms with Gasteiger partial charge in [-0.3, -0.25) is 4.79 Å². The number of carbonyl (C=O) groups is 1. The molecule has 0 saturated heterocycles. The minimum absolute atomic E-state index is 0.206. The van der Waals surface area contributed by atoms with E-state index in [2.05, 4.69) is 34.7 Å². The molecule has 1 aromatic heterocycles. The quantitative estimate of drug-likeness (QED) is 0.832. The number of aromatic amines is 1. The highest BCUT2D eigenvalue weighted by atomic mass is 16.1. The van der Waals surface area contributed by atoms with Crippen LogP contribution in [0, 0.1) is 0 Å². The van der Waals surface area contributed by atoms with Gasteiger partial charge in [-0.25, -0.2) is 0 Å². The Morgan fingerprint density at radius 1 is 1.33 bits per heavy atom. The average Bonchev–Trinajstić information content (AvgIpc) is 3.09. The summed E-state index contributed by atoms with van der Waals surface area (Å²) in [5.41, 5.74) is 2.49. The summed E-state index contributed by atoms with van der Waals surface area (Å²) in [5, 5.41) is 4.30. The topological polar surface area (TPSA) is 44.9 Å². The fraction of sp³-hybridized carbons (Fsp3) is 0.400. The smallest absolute Gasteiger partial charge is 0.220 e. The number of para-hydroxylation sites is 1. The maximum Gasteiger partial charge on any atom is 0.220 e. The predicted octanol–water partition coefficient (Wildman–Crippen LogP) is 2.77. The maximum atomic E-state index is 11.6. The van der Waals surface area contributed by atoms with Gasteiger partial charge in [-0.05, 0) is 37.3 Å². The highest BCUT2D eigenvalue weighted by molar-refractivity contribution is 5.83. The molecule has 0 aliphatic heterocycles. The number of fused-ring (bicyclic) bond motifs is 1. The summed E-state index contributed by atoms with van der Waals surface area (Å²) in [7, 11) is 0. The molecule has 1 fully saturated rings. The molecular formula is C15H18N2O. The van der Waals surface area contributed by atoms with E-state index in [0.29, 0.717) is 12.5 Å². The summed E-state index contributed by atoms with van der Waals surface area (Å²) in [4.78, 5) is 14.8. The van der Waals surface area contributed by atoms with Crippen molar-refractivity contribution in [2.45, 2.75) is 38.1 Å². The molecule has 0 unspecified atom stereocenters. The third kappa shape index (κ3) is 2.55. The lowest BCUT2D eigenvalue weighted by Crippen LogP contribution is -2.24. The molecule has 0 bridgehead atoms. The molecule has 1 amide bonds. The Kier molecular flexibility index (Phi) is 3.05. The molecule has 94 valence electrons. The van der Waals surface area contributed by atoms with Crippen LogP contribution in [0.2, 0.25) is 0 Å². The van der Waals surface area contributed by atoms with Gasteiger partial charge in [-0.1, -0.05) is 18.2 Å². The highest BCUT2D eigenvalue weighted by Gasteiger charge is 2.22. The van der Waals surface area contributed by atoms with Crippen LogP contribution in [0.25, 0.3) is 10.9 Å². The van der Waals surface area contributed by atoms with Crippen molar-refractivity contribution in [2.75, 3.05) is 0 Å². The van der Waals surface area contributed by atoms with Gasteiger partial charge in [-0.15, -0.1) is 0 Å². The van der Waals surface area contributed by atoms with Gasteiger partial charge in [-0.2, -0.15) is 0 Å². The van der Waals surface area contributed by atoms with Gasteiger partial charge in [0.05, 0.1) is 0 Å². The summed E-state index contributed by atoms with van der Waals surface area (Å²) in [6, 6.07) is 8.78. The first-order chi connectivity index (χ1) is 8.83. The van der Waals surface area contributed by atoms with E-state index in [-0.39, 0.29) is 5.91 Å². The Balaban J connectivity index is 1.54. The van der Waals surface area contributed by atoms with Crippen molar-refractivity contribution in [3.05, 3.63) is 36.0 Å². The second kappa shape index (κ2) is 4.84.